The Morgan fingerprint density at radius 3 is 2.24 bits per heavy atom. The molecular formula is C32H35N7O2. The highest BCUT2D eigenvalue weighted by Crippen LogP contribution is 2.42. The van der Waals surface area contributed by atoms with Gasteiger partial charge in [0.15, 0.2) is 0 Å². The summed E-state index contributed by atoms with van der Waals surface area (Å²) >= 11 is 0. The number of nitrogens with zero attached hydrogens (tertiary/aromatic N) is 5. The number of hydrogen-bond donors (Lipinski definition) is 2. The van der Waals surface area contributed by atoms with E-state index in [1.54, 1.807) is 32.7 Å². The molecule has 1 unspecified atom stereocenters. The molecule has 41 heavy (non-hydrogen) atoms. The van der Waals surface area contributed by atoms with Crippen LogP contribution in [0.5, 0.6) is 11.5 Å². The van der Waals surface area contributed by atoms with Gasteiger partial charge in [-0.1, -0.05) is 19.9 Å². The first-order valence-electron chi connectivity index (χ1n) is 13.6. The van der Waals surface area contributed by atoms with Gasteiger partial charge in [-0.25, -0.2) is 9.97 Å². The third-order valence-corrected chi connectivity index (χ3v) is 7.26. The molecule has 2 aromatic carbocycles. The standard InChI is InChI=1S/C32H35N7O2/c1-5-20(2)32-29(40-3)14-25(15-30(32)41-4)39(19-23-8-6-7-22(16-33)37-23)24-10-11-26-27(13-24)38-28(18-35-26)21-9-12-31(34)36-17-21/h6-15,17-18,20H,5,16,19,33H2,1-4H3,(H2,34,36). The van der Waals surface area contributed by atoms with Gasteiger partial charge in [0.2, 0.25) is 0 Å². The number of rotatable bonds is 10. The number of ether oxygens (including phenoxy) is 2. The van der Waals surface area contributed by atoms with Crippen molar-refractivity contribution in [2.45, 2.75) is 39.3 Å². The zero-order valence-corrected chi connectivity index (χ0v) is 23.8. The molecule has 5 rings (SSSR count). The lowest BCUT2D eigenvalue weighted by Crippen LogP contribution is -2.18. The zero-order chi connectivity index (χ0) is 28.9. The van der Waals surface area contributed by atoms with Crippen LogP contribution < -0.4 is 25.8 Å². The fourth-order valence-electron chi connectivity index (χ4n) is 4.86. The van der Waals surface area contributed by atoms with Gasteiger partial charge in [0.25, 0.3) is 0 Å². The number of hydrogen-bond acceptors (Lipinski definition) is 9. The monoisotopic (exact) mass is 549 g/mol. The summed E-state index contributed by atoms with van der Waals surface area (Å²) in [7, 11) is 3.39. The minimum absolute atomic E-state index is 0.266. The van der Waals surface area contributed by atoms with Crippen molar-refractivity contribution in [3.63, 3.8) is 0 Å². The fraction of sp³-hybridized carbons (Fsp3) is 0.250. The Hall–Kier alpha value is -4.76. The first-order valence-corrected chi connectivity index (χ1v) is 13.6. The third kappa shape index (κ3) is 5.90. The predicted molar refractivity (Wildman–Crippen MR) is 163 cm³/mol. The van der Waals surface area contributed by atoms with Crippen molar-refractivity contribution in [2.75, 3.05) is 24.9 Å². The zero-order valence-electron chi connectivity index (χ0n) is 23.8. The number of anilines is 3. The van der Waals surface area contributed by atoms with E-state index in [2.05, 4.69) is 40.8 Å². The SMILES string of the molecule is CCC(C)c1c(OC)cc(N(Cc2cccc(CN)n2)c2ccc3ncc(-c4ccc(N)nc4)nc3c2)cc1OC. The maximum Gasteiger partial charge on any atom is 0.128 e. The minimum Gasteiger partial charge on any atom is -0.496 e. The lowest BCUT2D eigenvalue weighted by atomic mass is 9.95. The van der Waals surface area contributed by atoms with E-state index in [-0.39, 0.29) is 5.92 Å². The lowest BCUT2D eigenvalue weighted by Gasteiger charge is -2.28. The van der Waals surface area contributed by atoms with Gasteiger partial charge in [-0.3, -0.25) is 9.97 Å². The van der Waals surface area contributed by atoms with Gasteiger partial charge in [-0.2, -0.15) is 0 Å². The molecule has 0 radical (unpaired) electrons. The molecule has 9 heteroatoms. The Labute approximate surface area is 240 Å². The van der Waals surface area contributed by atoms with Crippen molar-refractivity contribution in [3.8, 4) is 22.8 Å². The number of nitrogen functional groups attached to an aromatic ring is 1. The molecule has 3 heterocycles. The number of aromatic nitrogens is 4. The highest BCUT2D eigenvalue weighted by molar-refractivity contribution is 5.83. The van der Waals surface area contributed by atoms with E-state index in [0.29, 0.717) is 24.6 Å². The molecule has 3 aromatic heterocycles. The normalized spacial score (nSPS) is 11.8. The minimum atomic E-state index is 0.266. The van der Waals surface area contributed by atoms with E-state index in [1.165, 1.54) is 0 Å². The Balaban J connectivity index is 1.65. The van der Waals surface area contributed by atoms with Gasteiger partial charge in [0.1, 0.15) is 17.3 Å². The quantitative estimate of drug-likeness (QED) is 0.216. The predicted octanol–water partition coefficient (Wildman–Crippen LogP) is 6.00. The summed E-state index contributed by atoms with van der Waals surface area (Å²) in [4.78, 5) is 20.7. The van der Waals surface area contributed by atoms with Crippen LogP contribution in [0.3, 0.4) is 0 Å². The van der Waals surface area contributed by atoms with E-state index >= 15 is 0 Å². The number of nitrogens with two attached hydrogens (primary N) is 2. The van der Waals surface area contributed by atoms with Crippen molar-refractivity contribution in [1.29, 1.82) is 0 Å². The molecule has 0 fully saturated rings. The average molecular weight is 550 g/mol. The van der Waals surface area contributed by atoms with Crippen LogP contribution in [0.2, 0.25) is 0 Å². The van der Waals surface area contributed by atoms with Crippen molar-refractivity contribution in [1.82, 2.24) is 19.9 Å². The van der Waals surface area contributed by atoms with Crippen LogP contribution in [0.4, 0.5) is 17.2 Å². The van der Waals surface area contributed by atoms with Crippen LogP contribution in [0, 0.1) is 0 Å². The fourth-order valence-corrected chi connectivity index (χ4v) is 4.86. The molecule has 5 aromatic rings. The summed E-state index contributed by atoms with van der Waals surface area (Å²) in [6, 6.07) is 19.7. The van der Waals surface area contributed by atoms with E-state index in [0.717, 1.165) is 62.8 Å². The molecule has 0 spiro atoms. The third-order valence-electron chi connectivity index (χ3n) is 7.26. The largest absolute Gasteiger partial charge is 0.496 e. The summed E-state index contributed by atoms with van der Waals surface area (Å²) in [5.41, 5.74) is 19.3. The van der Waals surface area contributed by atoms with Crippen LogP contribution in [-0.2, 0) is 13.1 Å². The molecule has 0 saturated heterocycles. The maximum absolute atomic E-state index is 5.90. The molecule has 9 nitrogen and oxygen atoms in total. The van der Waals surface area contributed by atoms with E-state index in [1.807, 2.05) is 42.5 Å². The van der Waals surface area contributed by atoms with E-state index in [9.17, 15) is 0 Å². The summed E-state index contributed by atoms with van der Waals surface area (Å²) in [5.74, 6) is 2.28. The Morgan fingerprint density at radius 1 is 0.829 bits per heavy atom. The van der Waals surface area contributed by atoms with Gasteiger partial charge >= 0.3 is 0 Å². The number of fused-ring (bicyclic) bond motifs is 1. The first kappa shape index (κ1) is 27.8. The number of methoxy groups -OCH3 is 2. The van der Waals surface area contributed by atoms with Crippen LogP contribution in [0.15, 0.2) is 73.1 Å². The van der Waals surface area contributed by atoms with Gasteiger partial charge < -0.3 is 25.8 Å². The van der Waals surface area contributed by atoms with Gasteiger partial charge in [0.05, 0.1) is 55.1 Å². The molecule has 0 aliphatic heterocycles. The second-order valence-corrected chi connectivity index (χ2v) is 9.88. The van der Waals surface area contributed by atoms with Crippen molar-refractivity contribution in [3.05, 3.63) is 90.0 Å². The average Bonchev–Trinajstić information content (AvgIpc) is 3.02. The Kier molecular flexibility index (Phi) is 8.26. The molecule has 0 aliphatic carbocycles. The van der Waals surface area contributed by atoms with Gasteiger partial charge in [-0.05, 0) is 54.8 Å². The smallest absolute Gasteiger partial charge is 0.128 e. The highest BCUT2D eigenvalue weighted by Gasteiger charge is 2.21. The number of benzene rings is 2. The van der Waals surface area contributed by atoms with E-state index < -0.39 is 0 Å². The molecule has 0 bridgehead atoms. The summed E-state index contributed by atoms with van der Waals surface area (Å²) in [6.45, 7) is 5.19. The number of pyridine rings is 2. The summed E-state index contributed by atoms with van der Waals surface area (Å²) in [6.07, 6.45) is 4.41. The first-order chi connectivity index (χ1) is 19.9. The van der Waals surface area contributed by atoms with Crippen molar-refractivity contribution >= 4 is 28.2 Å². The summed E-state index contributed by atoms with van der Waals surface area (Å²) < 4.78 is 11.8. The molecule has 1 atom stereocenters. The van der Waals surface area contributed by atoms with E-state index in [4.69, 9.17) is 30.9 Å². The van der Waals surface area contributed by atoms with Gasteiger partial charge in [0, 0.05) is 47.4 Å². The summed E-state index contributed by atoms with van der Waals surface area (Å²) in [5, 5.41) is 0. The molecule has 0 saturated carbocycles. The molecule has 4 N–H and O–H groups in total. The van der Waals surface area contributed by atoms with Crippen LogP contribution in [-0.4, -0.2) is 34.2 Å². The van der Waals surface area contributed by atoms with Gasteiger partial charge in [-0.15, -0.1) is 0 Å². The second-order valence-electron chi connectivity index (χ2n) is 9.88. The van der Waals surface area contributed by atoms with Crippen molar-refractivity contribution in [2.24, 2.45) is 5.73 Å². The molecule has 0 aliphatic rings. The molecule has 0 amide bonds. The van der Waals surface area contributed by atoms with Crippen LogP contribution in [0.1, 0.15) is 43.1 Å². The topological polar surface area (TPSA) is 125 Å². The lowest BCUT2D eigenvalue weighted by molar-refractivity contribution is 0.379. The van der Waals surface area contributed by atoms with Crippen LogP contribution >= 0.6 is 0 Å². The Morgan fingerprint density at radius 2 is 1.59 bits per heavy atom. The van der Waals surface area contributed by atoms with Crippen LogP contribution in [0.25, 0.3) is 22.3 Å². The molecule has 210 valence electrons. The highest BCUT2D eigenvalue weighted by atomic mass is 16.5. The maximum atomic E-state index is 5.90. The Bertz CT molecular complexity index is 1630. The second kappa shape index (κ2) is 12.2. The molecular weight excluding hydrogens is 514 g/mol. The van der Waals surface area contributed by atoms with Crippen molar-refractivity contribution < 1.29 is 9.47 Å².